The predicted octanol–water partition coefficient (Wildman–Crippen LogP) is 2.11. The van der Waals surface area contributed by atoms with E-state index in [0.717, 1.165) is 26.0 Å². The highest BCUT2D eigenvalue weighted by Gasteiger charge is 2.32. The van der Waals surface area contributed by atoms with Gasteiger partial charge in [-0.25, -0.2) is 9.86 Å². The normalized spacial score (nSPS) is 16.1. The van der Waals surface area contributed by atoms with Gasteiger partial charge in [0.25, 0.3) is 11.5 Å². The van der Waals surface area contributed by atoms with E-state index >= 15 is 0 Å². The van der Waals surface area contributed by atoms with Crippen LogP contribution in [0, 0.1) is 5.92 Å². The van der Waals surface area contributed by atoms with Crippen molar-refractivity contribution in [3.05, 3.63) is 80.8 Å². The van der Waals surface area contributed by atoms with Gasteiger partial charge in [0.15, 0.2) is 0 Å². The molecular formula is C26H28N4O5. The molecule has 0 aliphatic carbocycles. The fourth-order valence-electron chi connectivity index (χ4n) is 4.74. The van der Waals surface area contributed by atoms with Crippen molar-refractivity contribution in [2.75, 3.05) is 13.2 Å². The molecule has 0 bridgehead atoms. The van der Waals surface area contributed by atoms with E-state index < -0.39 is 23.3 Å². The van der Waals surface area contributed by atoms with Crippen LogP contribution in [0.5, 0.6) is 0 Å². The van der Waals surface area contributed by atoms with Crippen LogP contribution in [0.3, 0.4) is 0 Å². The largest absolute Gasteiger partial charge is 0.389 e. The van der Waals surface area contributed by atoms with Crippen molar-refractivity contribution in [2.24, 2.45) is 13.0 Å². The van der Waals surface area contributed by atoms with Gasteiger partial charge in [-0.3, -0.25) is 23.6 Å². The van der Waals surface area contributed by atoms with Crippen molar-refractivity contribution in [2.45, 2.75) is 33.0 Å². The zero-order valence-corrected chi connectivity index (χ0v) is 20.0. The number of nitrogens with zero attached hydrogens (tertiary/aromatic N) is 4. The predicted molar refractivity (Wildman–Crippen MR) is 132 cm³/mol. The van der Waals surface area contributed by atoms with E-state index in [-0.39, 0.29) is 30.1 Å². The van der Waals surface area contributed by atoms with E-state index in [4.69, 9.17) is 4.84 Å². The first-order chi connectivity index (χ1) is 16.8. The van der Waals surface area contributed by atoms with Crippen LogP contribution < -0.4 is 11.2 Å². The molecular weight excluding hydrogens is 448 g/mol. The molecule has 4 aromatic rings. The molecule has 1 aliphatic heterocycles. The van der Waals surface area contributed by atoms with Crippen LogP contribution in [0.1, 0.15) is 29.9 Å². The fraction of sp³-hybridized carbons (Fsp3) is 0.346. The summed E-state index contributed by atoms with van der Waals surface area (Å²) in [6, 6.07) is 13.9. The summed E-state index contributed by atoms with van der Waals surface area (Å²) >= 11 is 0. The SMILES string of the molecule is CC(C)Cn1c(=O)n(C)c(=O)c2c(C(=O)N3C[C@H](O)CO3)n(Cc3cccc4ccccc34)cc21. The van der Waals surface area contributed by atoms with E-state index in [1.54, 1.807) is 15.3 Å². The van der Waals surface area contributed by atoms with Gasteiger partial charge >= 0.3 is 5.69 Å². The van der Waals surface area contributed by atoms with Crippen LogP contribution in [0.4, 0.5) is 0 Å². The Morgan fingerprint density at radius 2 is 1.89 bits per heavy atom. The molecule has 1 atom stereocenters. The first kappa shape index (κ1) is 23.1. The molecule has 1 amide bonds. The monoisotopic (exact) mass is 476 g/mol. The number of rotatable bonds is 5. The van der Waals surface area contributed by atoms with Gasteiger partial charge in [-0.15, -0.1) is 0 Å². The zero-order chi connectivity index (χ0) is 24.9. The molecule has 9 nitrogen and oxygen atoms in total. The number of hydrogen-bond donors (Lipinski definition) is 1. The van der Waals surface area contributed by atoms with Gasteiger partial charge in [-0.05, 0) is 22.3 Å². The van der Waals surface area contributed by atoms with Gasteiger partial charge < -0.3 is 9.67 Å². The maximum absolute atomic E-state index is 13.7. The van der Waals surface area contributed by atoms with Crippen molar-refractivity contribution in [1.82, 2.24) is 18.8 Å². The van der Waals surface area contributed by atoms with E-state index in [0.29, 0.717) is 18.6 Å². The van der Waals surface area contributed by atoms with E-state index in [1.807, 2.05) is 56.3 Å². The summed E-state index contributed by atoms with van der Waals surface area (Å²) in [5, 5.41) is 13.3. The third kappa shape index (κ3) is 3.96. The first-order valence-electron chi connectivity index (χ1n) is 11.7. The molecule has 2 aromatic heterocycles. The second-order valence-electron chi connectivity index (χ2n) is 9.47. The Kier molecular flexibility index (Phi) is 5.82. The molecule has 9 heteroatoms. The Hall–Kier alpha value is -3.69. The standard InChI is InChI=1S/C26H28N4O5/c1-16(2)11-29-21-14-28(12-18-9-6-8-17-7-4-5-10-20(17)18)23(22(21)24(32)27(3)26(29)34)25(33)30-13-19(31)15-35-30/h4-10,14,16,19,31H,11-13,15H2,1-3H3/t19-/m0/s1. The lowest BCUT2D eigenvalue weighted by Crippen LogP contribution is -2.39. The third-order valence-electron chi connectivity index (χ3n) is 6.38. The molecule has 1 aliphatic rings. The van der Waals surface area contributed by atoms with Gasteiger partial charge in [-0.1, -0.05) is 56.3 Å². The second kappa shape index (κ2) is 8.83. The van der Waals surface area contributed by atoms with Crippen LogP contribution in [-0.4, -0.2) is 49.0 Å². The van der Waals surface area contributed by atoms with Gasteiger partial charge in [0.2, 0.25) is 0 Å². The molecule has 3 heterocycles. The molecule has 5 rings (SSSR count). The Morgan fingerprint density at radius 1 is 1.14 bits per heavy atom. The van der Waals surface area contributed by atoms with Crippen molar-refractivity contribution in [3.8, 4) is 0 Å². The molecule has 0 unspecified atom stereocenters. The Morgan fingerprint density at radius 3 is 2.60 bits per heavy atom. The van der Waals surface area contributed by atoms with E-state index in [2.05, 4.69) is 0 Å². The minimum atomic E-state index is -0.798. The number of hydroxylamine groups is 2. The minimum Gasteiger partial charge on any atom is -0.389 e. The number of aromatic nitrogens is 3. The van der Waals surface area contributed by atoms with Gasteiger partial charge in [0.05, 0.1) is 17.4 Å². The average molecular weight is 477 g/mol. The number of amides is 1. The van der Waals surface area contributed by atoms with Crippen LogP contribution in [0.2, 0.25) is 0 Å². The summed E-state index contributed by atoms with van der Waals surface area (Å²) in [5.74, 6) is -0.380. The molecule has 0 radical (unpaired) electrons. The fourth-order valence-corrected chi connectivity index (χ4v) is 4.74. The molecule has 1 N–H and O–H groups in total. The summed E-state index contributed by atoms with van der Waals surface area (Å²) in [7, 11) is 1.42. The first-order valence-corrected chi connectivity index (χ1v) is 11.7. The van der Waals surface area contributed by atoms with Crippen molar-refractivity contribution < 1.29 is 14.7 Å². The number of hydrogen-bond acceptors (Lipinski definition) is 5. The van der Waals surface area contributed by atoms with Crippen molar-refractivity contribution in [3.63, 3.8) is 0 Å². The lowest BCUT2D eigenvalue weighted by Gasteiger charge is -2.17. The van der Waals surface area contributed by atoms with Crippen LogP contribution in [0.15, 0.2) is 58.3 Å². The number of aliphatic hydroxyl groups excluding tert-OH is 1. The number of aliphatic hydroxyl groups is 1. The highest BCUT2D eigenvalue weighted by molar-refractivity contribution is 6.05. The lowest BCUT2D eigenvalue weighted by molar-refractivity contribution is -0.0784. The Labute approximate surface area is 201 Å². The molecule has 0 spiro atoms. The highest BCUT2D eigenvalue weighted by Crippen LogP contribution is 2.25. The molecule has 2 aromatic carbocycles. The average Bonchev–Trinajstić information content (AvgIpc) is 3.44. The molecule has 0 saturated carbocycles. The number of β-amino-alcohol motifs (C(OH)–C–C–N with tert-alkyl or cyclic N) is 1. The third-order valence-corrected chi connectivity index (χ3v) is 6.38. The van der Waals surface area contributed by atoms with Crippen molar-refractivity contribution >= 4 is 27.6 Å². The maximum atomic E-state index is 13.7. The van der Waals surface area contributed by atoms with Crippen LogP contribution in [-0.2, 0) is 25.0 Å². The molecule has 182 valence electrons. The topological polar surface area (TPSA) is 98.7 Å². The second-order valence-corrected chi connectivity index (χ2v) is 9.47. The number of fused-ring (bicyclic) bond motifs is 2. The molecule has 1 fully saturated rings. The minimum absolute atomic E-state index is 0.00374. The van der Waals surface area contributed by atoms with E-state index in [9.17, 15) is 19.5 Å². The summed E-state index contributed by atoms with van der Waals surface area (Å²) < 4.78 is 4.32. The van der Waals surface area contributed by atoms with Gasteiger partial charge in [-0.2, -0.15) is 0 Å². The van der Waals surface area contributed by atoms with Crippen LogP contribution in [0.25, 0.3) is 21.7 Å². The summed E-state index contributed by atoms with van der Waals surface area (Å²) in [5.41, 5.74) is 0.555. The summed E-state index contributed by atoms with van der Waals surface area (Å²) in [4.78, 5) is 45.4. The summed E-state index contributed by atoms with van der Waals surface area (Å²) in [6.07, 6.45) is 0.913. The van der Waals surface area contributed by atoms with Gasteiger partial charge in [0, 0.05) is 26.3 Å². The molecule has 1 saturated heterocycles. The zero-order valence-electron chi connectivity index (χ0n) is 20.0. The Bertz CT molecular complexity index is 1560. The number of carbonyl (C=O) groups is 1. The smallest absolute Gasteiger partial charge is 0.331 e. The molecule has 35 heavy (non-hydrogen) atoms. The number of benzene rings is 2. The van der Waals surface area contributed by atoms with Gasteiger partial charge in [0.1, 0.15) is 18.4 Å². The highest BCUT2D eigenvalue weighted by atomic mass is 16.7. The summed E-state index contributed by atoms with van der Waals surface area (Å²) in [6.45, 7) is 4.69. The Balaban J connectivity index is 1.77. The number of carbonyl (C=O) groups excluding carboxylic acids is 1. The quantitative estimate of drug-likeness (QED) is 0.476. The lowest BCUT2D eigenvalue weighted by atomic mass is 10.0. The van der Waals surface area contributed by atoms with E-state index in [1.165, 1.54) is 7.05 Å². The van der Waals surface area contributed by atoms with Crippen molar-refractivity contribution in [1.29, 1.82) is 0 Å². The maximum Gasteiger partial charge on any atom is 0.331 e. The van der Waals surface area contributed by atoms with Crippen LogP contribution >= 0.6 is 0 Å².